The number of halogens is 1. The first-order chi connectivity index (χ1) is 10.6. The van der Waals surface area contributed by atoms with Crippen LogP contribution in [0.1, 0.15) is 6.92 Å². The summed E-state index contributed by atoms with van der Waals surface area (Å²) in [6.07, 6.45) is 0. The molecule has 120 valence electrons. The third-order valence-corrected chi connectivity index (χ3v) is 3.86. The van der Waals surface area contributed by atoms with Gasteiger partial charge >= 0.3 is 5.97 Å². The van der Waals surface area contributed by atoms with Crippen molar-refractivity contribution in [2.45, 2.75) is 6.92 Å². The van der Waals surface area contributed by atoms with Gasteiger partial charge in [0.2, 0.25) is 5.84 Å². The number of benzene rings is 1. The molecule has 6 nitrogen and oxygen atoms in total. The number of carbonyl (C=O) groups is 1. The minimum Gasteiger partial charge on any atom is -0.460 e. The summed E-state index contributed by atoms with van der Waals surface area (Å²) in [6, 6.07) is 7.27. The minimum absolute atomic E-state index is 0.300. The number of anilines is 1. The zero-order valence-electron chi connectivity index (χ0n) is 12.9. The molecule has 0 saturated carbocycles. The highest BCUT2D eigenvalue weighted by Crippen LogP contribution is 2.20. The highest BCUT2D eigenvalue weighted by molar-refractivity contribution is 6.35. The van der Waals surface area contributed by atoms with E-state index in [1.165, 1.54) is 4.90 Å². The van der Waals surface area contributed by atoms with E-state index in [-0.39, 0.29) is 0 Å². The molecule has 1 aliphatic rings. The smallest absolute Gasteiger partial charge is 0.376 e. The van der Waals surface area contributed by atoms with Gasteiger partial charge in [-0.25, -0.2) is 4.79 Å². The third kappa shape index (κ3) is 4.35. The van der Waals surface area contributed by atoms with Crippen LogP contribution < -0.4 is 10.3 Å². The van der Waals surface area contributed by atoms with E-state index < -0.39 is 5.97 Å². The van der Waals surface area contributed by atoms with Gasteiger partial charge in [0.1, 0.15) is 0 Å². The Balaban J connectivity index is 2.15. The first kappa shape index (κ1) is 16.6. The Morgan fingerprint density at radius 2 is 2.09 bits per heavy atom. The molecule has 0 aromatic heterocycles. The fourth-order valence-electron chi connectivity index (χ4n) is 2.21. The number of hydrazone groups is 1. The van der Waals surface area contributed by atoms with Crippen LogP contribution in [0.3, 0.4) is 0 Å². The molecule has 0 aliphatic carbocycles. The minimum atomic E-state index is -0.415. The Kier molecular flexibility index (Phi) is 6.03. The number of nitrogens with zero attached hydrogens (tertiary/aromatic N) is 2. The standard InChI is InChI=1S/C15H21ClN4O2/c1-3-22-15(21)14(20-10-8-19(2)9-11-20)18-17-13-7-5-4-6-12(13)16/h4-7,17H,3,8-11H2,1-2H3/p+1/b18-14+. The summed E-state index contributed by atoms with van der Waals surface area (Å²) in [5, 5.41) is 4.80. The summed E-state index contributed by atoms with van der Waals surface area (Å²) in [5.41, 5.74) is 3.53. The van der Waals surface area contributed by atoms with E-state index >= 15 is 0 Å². The second kappa shape index (κ2) is 8.00. The first-order valence-corrected chi connectivity index (χ1v) is 7.81. The van der Waals surface area contributed by atoms with Crippen LogP contribution in [0.4, 0.5) is 5.69 Å². The van der Waals surface area contributed by atoms with E-state index in [2.05, 4.69) is 17.6 Å². The van der Waals surface area contributed by atoms with Gasteiger partial charge in [-0.05, 0) is 19.1 Å². The molecular formula is C15H22ClN4O2+. The molecule has 1 aliphatic heterocycles. The summed E-state index contributed by atoms with van der Waals surface area (Å²) in [4.78, 5) is 15.6. The molecule has 1 heterocycles. The maximum Gasteiger partial charge on any atom is 0.376 e. The lowest BCUT2D eigenvalue weighted by Gasteiger charge is -2.31. The SMILES string of the molecule is CCOC(=O)/C(=N\Nc1ccccc1Cl)N1CC[NH+](C)CC1. The Bertz CT molecular complexity index is 542. The second-order valence-corrected chi connectivity index (χ2v) is 5.60. The van der Waals surface area contributed by atoms with E-state index in [9.17, 15) is 4.79 Å². The molecule has 0 atom stereocenters. The van der Waals surface area contributed by atoms with E-state index in [4.69, 9.17) is 16.3 Å². The van der Waals surface area contributed by atoms with Crippen LogP contribution in [0.15, 0.2) is 29.4 Å². The van der Waals surface area contributed by atoms with Crippen molar-refractivity contribution in [2.24, 2.45) is 5.10 Å². The number of likely N-dealkylation sites (N-methyl/N-ethyl adjacent to an activating group) is 1. The number of hydrogen-bond donors (Lipinski definition) is 2. The Hall–Kier alpha value is -1.79. The van der Waals surface area contributed by atoms with Crippen LogP contribution in [-0.2, 0) is 9.53 Å². The summed E-state index contributed by atoms with van der Waals surface area (Å²) in [5.74, 6) is -0.115. The van der Waals surface area contributed by atoms with Crippen LogP contribution in [-0.4, -0.2) is 56.5 Å². The fraction of sp³-hybridized carbons (Fsp3) is 0.467. The summed E-state index contributed by atoms with van der Waals surface area (Å²) in [7, 11) is 2.14. The monoisotopic (exact) mass is 325 g/mol. The Morgan fingerprint density at radius 1 is 1.41 bits per heavy atom. The van der Waals surface area contributed by atoms with Crippen molar-refractivity contribution < 1.29 is 14.4 Å². The predicted octanol–water partition coefficient (Wildman–Crippen LogP) is 0.459. The molecule has 22 heavy (non-hydrogen) atoms. The zero-order valence-corrected chi connectivity index (χ0v) is 13.7. The molecule has 0 radical (unpaired) electrons. The zero-order chi connectivity index (χ0) is 15.9. The van der Waals surface area contributed by atoms with Crippen molar-refractivity contribution in [3.05, 3.63) is 29.3 Å². The van der Waals surface area contributed by atoms with Crippen molar-refractivity contribution in [3.63, 3.8) is 0 Å². The van der Waals surface area contributed by atoms with Gasteiger partial charge in [0, 0.05) is 0 Å². The van der Waals surface area contributed by atoms with Crippen LogP contribution in [0, 0.1) is 0 Å². The van der Waals surface area contributed by atoms with Gasteiger partial charge in [0.15, 0.2) is 0 Å². The average molecular weight is 326 g/mol. The molecule has 0 bridgehead atoms. The number of esters is 1. The lowest BCUT2D eigenvalue weighted by molar-refractivity contribution is -0.883. The molecule has 2 rings (SSSR count). The van der Waals surface area contributed by atoms with Crippen molar-refractivity contribution in [1.82, 2.24) is 4.90 Å². The van der Waals surface area contributed by atoms with Crippen molar-refractivity contribution in [2.75, 3.05) is 45.3 Å². The van der Waals surface area contributed by atoms with Crippen LogP contribution in [0.25, 0.3) is 0 Å². The lowest BCUT2D eigenvalue weighted by Crippen LogP contribution is -3.12. The summed E-state index contributed by atoms with van der Waals surface area (Å²) in [6.45, 7) is 5.57. The second-order valence-electron chi connectivity index (χ2n) is 5.19. The van der Waals surface area contributed by atoms with Gasteiger partial charge in [0.25, 0.3) is 0 Å². The summed E-state index contributed by atoms with van der Waals surface area (Å²) < 4.78 is 5.11. The maximum absolute atomic E-state index is 12.2. The number of rotatable bonds is 3. The van der Waals surface area contributed by atoms with Gasteiger partial charge in [-0.2, -0.15) is 0 Å². The molecular weight excluding hydrogens is 304 g/mol. The van der Waals surface area contributed by atoms with E-state index in [0.717, 1.165) is 26.2 Å². The lowest BCUT2D eigenvalue weighted by atomic mass is 10.3. The van der Waals surface area contributed by atoms with E-state index in [0.29, 0.717) is 23.2 Å². The van der Waals surface area contributed by atoms with Crippen LogP contribution >= 0.6 is 11.6 Å². The largest absolute Gasteiger partial charge is 0.460 e. The number of para-hydroxylation sites is 1. The van der Waals surface area contributed by atoms with Crippen LogP contribution in [0.2, 0.25) is 5.02 Å². The number of amidine groups is 1. The normalized spacial score (nSPS) is 16.5. The molecule has 0 spiro atoms. The van der Waals surface area contributed by atoms with Gasteiger partial charge < -0.3 is 14.5 Å². The maximum atomic E-state index is 12.2. The van der Waals surface area contributed by atoms with Crippen molar-refractivity contribution in [3.8, 4) is 0 Å². The Morgan fingerprint density at radius 3 is 2.73 bits per heavy atom. The number of hydrogen-bond acceptors (Lipinski definition) is 4. The number of carbonyl (C=O) groups excluding carboxylic acids is 1. The number of nitrogens with one attached hydrogen (secondary N) is 2. The topological polar surface area (TPSA) is 58.4 Å². The molecule has 0 amide bonds. The highest BCUT2D eigenvalue weighted by atomic mass is 35.5. The highest BCUT2D eigenvalue weighted by Gasteiger charge is 2.26. The molecule has 1 aromatic rings. The molecule has 0 unspecified atom stereocenters. The number of quaternary nitrogens is 1. The van der Waals surface area contributed by atoms with Gasteiger partial charge in [-0.3, -0.25) is 5.43 Å². The molecule has 2 N–H and O–H groups in total. The van der Waals surface area contributed by atoms with Gasteiger partial charge in [-0.15, -0.1) is 5.10 Å². The molecule has 1 aromatic carbocycles. The van der Waals surface area contributed by atoms with E-state index in [1.54, 1.807) is 13.0 Å². The van der Waals surface area contributed by atoms with Gasteiger partial charge in [0.05, 0.1) is 50.5 Å². The first-order valence-electron chi connectivity index (χ1n) is 7.43. The molecule has 7 heteroatoms. The Labute approximate surface area is 135 Å². The average Bonchev–Trinajstić information content (AvgIpc) is 2.51. The fourth-order valence-corrected chi connectivity index (χ4v) is 2.38. The molecule has 1 saturated heterocycles. The third-order valence-electron chi connectivity index (χ3n) is 3.53. The number of ether oxygens (including phenoxy) is 1. The van der Waals surface area contributed by atoms with Crippen molar-refractivity contribution in [1.29, 1.82) is 0 Å². The number of piperazine rings is 1. The van der Waals surface area contributed by atoms with Gasteiger partial charge in [-0.1, -0.05) is 23.7 Å². The van der Waals surface area contributed by atoms with Crippen molar-refractivity contribution >= 4 is 29.1 Å². The quantitative estimate of drug-likeness (QED) is 0.367. The van der Waals surface area contributed by atoms with Crippen LogP contribution in [0.5, 0.6) is 0 Å². The predicted molar refractivity (Wildman–Crippen MR) is 87.3 cm³/mol. The molecule has 1 fully saturated rings. The van der Waals surface area contributed by atoms with E-state index in [1.807, 2.05) is 23.1 Å². The summed E-state index contributed by atoms with van der Waals surface area (Å²) >= 11 is 6.09.